The summed E-state index contributed by atoms with van der Waals surface area (Å²) in [6.45, 7) is 0.551. The zero-order valence-corrected chi connectivity index (χ0v) is 16.1. The van der Waals surface area contributed by atoms with Gasteiger partial charge in [0.25, 0.3) is 11.8 Å². The predicted molar refractivity (Wildman–Crippen MR) is 109 cm³/mol. The van der Waals surface area contributed by atoms with Crippen molar-refractivity contribution in [3.05, 3.63) is 89.0 Å². The Kier molecular flexibility index (Phi) is 6.34. The van der Waals surface area contributed by atoms with E-state index in [0.717, 1.165) is 12.0 Å². The molecule has 1 aromatic carbocycles. The second-order valence-corrected chi connectivity index (χ2v) is 6.66. The summed E-state index contributed by atoms with van der Waals surface area (Å²) in [6, 6.07) is 13.8. The monoisotopic (exact) mass is 394 g/mol. The largest absolute Gasteiger partial charge is 0.341 e. The predicted octanol–water partition coefficient (Wildman–Crippen LogP) is 3.70. The van der Waals surface area contributed by atoms with E-state index in [4.69, 9.17) is 11.6 Å². The van der Waals surface area contributed by atoms with Crippen LogP contribution in [-0.4, -0.2) is 40.3 Å². The SMILES string of the molecule is CN(CCc1ccncc1)C(=O)c1ccnc(C(=O)Nc2cccc(Cl)c2)c1. The topological polar surface area (TPSA) is 75.2 Å². The molecule has 3 rings (SSSR count). The summed E-state index contributed by atoms with van der Waals surface area (Å²) in [5.74, 6) is -0.579. The number of pyridine rings is 2. The van der Waals surface area contributed by atoms with E-state index in [9.17, 15) is 9.59 Å². The van der Waals surface area contributed by atoms with Crippen LogP contribution in [0.15, 0.2) is 67.1 Å². The van der Waals surface area contributed by atoms with Crippen LogP contribution in [0, 0.1) is 0 Å². The molecular formula is C21H19ClN4O2. The molecule has 0 saturated carbocycles. The highest BCUT2D eigenvalue weighted by atomic mass is 35.5. The van der Waals surface area contributed by atoms with Crippen LogP contribution in [0.4, 0.5) is 5.69 Å². The average molecular weight is 395 g/mol. The number of benzene rings is 1. The van der Waals surface area contributed by atoms with Crippen LogP contribution in [0.3, 0.4) is 0 Å². The fourth-order valence-corrected chi connectivity index (χ4v) is 2.81. The molecule has 0 unspecified atom stereocenters. The van der Waals surface area contributed by atoms with Crippen molar-refractivity contribution in [2.24, 2.45) is 0 Å². The van der Waals surface area contributed by atoms with Gasteiger partial charge in [-0.15, -0.1) is 0 Å². The third-order valence-corrected chi connectivity index (χ3v) is 4.39. The molecule has 2 heterocycles. The molecule has 2 amide bonds. The van der Waals surface area contributed by atoms with Crippen LogP contribution in [0.1, 0.15) is 26.4 Å². The number of aromatic nitrogens is 2. The molecule has 28 heavy (non-hydrogen) atoms. The van der Waals surface area contributed by atoms with Crippen LogP contribution in [0.5, 0.6) is 0 Å². The number of nitrogens with one attached hydrogen (secondary N) is 1. The van der Waals surface area contributed by atoms with E-state index in [1.807, 2.05) is 12.1 Å². The van der Waals surface area contributed by atoms with Gasteiger partial charge in [-0.2, -0.15) is 0 Å². The molecule has 1 N–H and O–H groups in total. The van der Waals surface area contributed by atoms with Crippen molar-refractivity contribution < 1.29 is 9.59 Å². The fraction of sp³-hybridized carbons (Fsp3) is 0.143. The Hall–Kier alpha value is -3.25. The molecule has 0 bridgehead atoms. The molecule has 7 heteroatoms. The minimum Gasteiger partial charge on any atom is -0.341 e. The fourth-order valence-electron chi connectivity index (χ4n) is 2.62. The van der Waals surface area contributed by atoms with Gasteiger partial charge in [-0.05, 0) is 54.4 Å². The van der Waals surface area contributed by atoms with Crippen LogP contribution in [0.25, 0.3) is 0 Å². The molecule has 0 spiro atoms. The molecule has 0 saturated heterocycles. The van der Waals surface area contributed by atoms with Crippen LogP contribution in [0.2, 0.25) is 5.02 Å². The minimum atomic E-state index is -0.406. The van der Waals surface area contributed by atoms with Crippen molar-refractivity contribution in [3.8, 4) is 0 Å². The number of carbonyl (C=O) groups excluding carboxylic acids is 2. The lowest BCUT2D eigenvalue weighted by Crippen LogP contribution is -2.29. The summed E-state index contributed by atoms with van der Waals surface area (Å²) in [4.78, 5) is 34.8. The van der Waals surface area contributed by atoms with Crippen LogP contribution >= 0.6 is 11.6 Å². The van der Waals surface area contributed by atoms with E-state index < -0.39 is 5.91 Å². The van der Waals surface area contributed by atoms with Gasteiger partial charge >= 0.3 is 0 Å². The number of halogens is 1. The Morgan fingerprint density at radius 1 is 1.07 bits per heavy atom. The highest BCUT2D eigenvalue weighted by molar-refractivity contribution is 6.30. The summed E-state index contributed by atoms with van der Waals surface area (Å²) in [5.41, 5.74) is 2.23. The summed E-state index contributed by atoms with van der Waals surface area (Å²) >= 11 is 5.93. The lowest BCUT2D eigenvalue weighted by molar-refractivity contribution is 0.0796. The number of carbonyl (C=O) groups is 2. The van der Waals surface area contributed by atoms with E-state index >= 15 is 0 Å². The van der Waals surface area contributed by atoms with Crippen molar-refractivity contribution in [2.75, 3.05) is 18.9 Å². The Labute approximate surface area is 168 Å². The third-order valence-electron chi connectivity index (χ3n) is 4.15. The van der Waals surface area contributed by atoms with Gasteiger partial charge < -0.3 is 10.2 Å². The Balaban J connectivity index is 1.66. The van der Waals surface area contributed by atoms with Gasteiger partial charge in [0, 0.05) is 48.5 Å². The maximum Gasteiger partial charge on any atom is 0.274 e. The Bertz CT molecular complexity index is 979. The zero-order chi connectivity index (χ0) is 19.9. The van der Waals surface area contributed by atoms with Crippen molar-refractivity contribution in [1.29, 1.82) is 0 Å². The van der Waals surface area contributed by atoms with Crippen molar-refractivity contribution in [1.82, 2.24) is 14.9 Å². The molecular weight excluding hydrogens is 376 g/mol. The van der Waals surface area contributed by atoms with Gasteiger partial charge in [0.05, 0.1) is 0 Å². The number of hydrogen-bond acceptors (Lipinski definition) is 4. The normalized spacial score (nSPS) is 10.4. The van der Waals surface area contributed by atoms with Gasteiger partial charge in [-0.25, -0.2) is 0 Å². The molecule has 0 fully saturated rings. The van der Waals surface area contributed by atoms with Gasteiger partial charge in [0.1, 0.15) is 5.69 Å². The number of rotatable bonds is 6. The van der Waals surface area contributed by atoms with E-state index in [1.165, 1.54) is 12.3 Å². The first-order valence-electron chi connectivity index (χ1n) is 8.70. The Morgan fingerprint density at radius 2 is 1.86 bits per heavy atom. The molecule has 0 aliphatic carbocycles. The molecule has 0 aliphatic rings. The second-order valence-electron chi connectivity index (χ2n) is 6.23. The molecule has 3 aromatic rings. The van der Waals surface area contributed by atoms with Gasteiger partial charge in [0.15, 0.2) is 0 Å². The first-order valence-corrected chi connectivity index (χ1v) is 9.08. The van der Waals surface area contributed by atoms with E-state index in [-0.39, 0.29) is 11.6 Å². The van der Waals surface area contributed by atoms with Crippen LogP contribution < -0.4 is 5.32 Å². The molecule has 2 aromatic heterocycles. The summed E-state index contributed by atoms with van der Waals surface area (Å²) in [6.07, 6.45) is 5.63. The first-order chi connectivity index (χ1) is 13.5. The minimum absolute atomic E-state index is 0.161. The molecule has 6 nitrogen and oxygen atoms in total. The zero-order valence-electron chi connectivity index (χ0n) is 15.3. The summed E-state index contributed by atoms with van der Waals surface area (Å²) in [5, 5.41) is 3.24. The number of amides is 2. The van der Waals surface area contributed by atoms with Crippen molar-refractivity contribution >= 4 is 29.1 Å². The average Bonchev–Trinajstić information content (AvgIpc) is 2.72. The van der Waals surface area contributed by atoms with Crippen molar-refractivity contribution in [3.63, 3.8) is 0 Å². The second kappa shape index (κ2) is 9.10. The van der Waals surface area contributed by atoms with E-state index in [1.54, 1.807) is 54.7 Å². The molecule has 0 aliphatic heterocycles. The number of likely N-dealkylation sites (N-methyl/N-ethyl adjacent to an activating group) is 1. The number of anilines is 1. The van der Waals surface area contributed by atoms with Gasteiger partial charge in [-0.3, -0.25) is 19.6 Å². The van der Waals surface area contributed by atoms with Crippen LogP contribution in [-0.2, 0) is 6.42 Å². The lowest BCUT2D eigenvalue weighted by Gasteiger charge is -2.17. The number of nitrogens with zero attached hydrogens (tertiary/aromatic N) is 3. The Morgan fingerprint density at radius 3 is 2.61 bits per heavy atom. The summed E-state index contributed by atoms with van der Waals surface area (Å²) < 4.78 is 0. The van der Waals surface area contributed by atoms with Gasteiger partial charge in [0.2, 0.25) is 0 Å². The van der Waals surface area contributed by atoms with Crippen molar-refractivity contribution in [2.45, 2.75) is 6.42 Å². The maximum atomic E-state index is 12.7. The third kappa shape index (κ3) is 5.14. The molecule has 142 valence electrons. The first kappa shape index (κ1) is 19.5. The maximum absolute atomic E-state index is 12.7. The molecule has 0 atom stereocenters. The highest BCUT2D eigenvalue weighted by Crippen LogP contribution is 2.16. The quantitative estimate of drug-likeness (QED) is 0.691. The van der Waals surface area contributed by atoms with E-state index in [2.05, 4.69) is 15.3 Å². The number of hydrogen-bond donors (Lipinski definition) is 1. The lowest BCUT2D eigenvalue weighted by atomic mass is 10.1. The van der Waals surface area contributed by atoms with Gasteiger partial charge in [-0.1, -0.05) is 17.7 Å². The smallest absolute Gasteiger partial charge is 0.274 e. The summed E-state index contributed by atoms with van der Waals surface area (Å²) in [7, 11) is 1.73. The molecule has 0 radical (unpaired) electrons. The highest BCUT2D eigenvalue weighted by Gasteiger charge is 2.15. The standard InChI is InChI=1S/C21H19ClN4O2/c1-26(12-8-15-5-9-23-10-6-15)21(28)16-7-11-24-19(13-16)20(27)25-18-4-2-3-17(22)14-18/h2-7,9-11,13-14H,8,12H2,1H3,(H,25,27). The van der Waals surface area contributed by atoms with E-state index in [0.29, 0.717) is 22.8 Å².